The van der Waals surface area contributed by atoms with E-state index in [1.54, 1.807) is 0 Å². The Hall–Kier alpha value is -1.35. The molecule has 3 nitrogen and oxygen atoms in total. The Labute approximate surface area is 109 Å². The van der Waals surface area contributed by atoms with Gasteiger partial charge in [0.05, 0.1) is 6.04 Å². The third kappa shape index (κ3) is 3.33. The van der Waals surface area contributed by atoms with Gasteiger partial charge in [-0.1, -0.05) is 24.3 Å². The number of nitrogens with one attached hydrogen (secondary N) is 1. The molecule has 1 aliphatic rings. The first-order valence-electron chi connectivity index (χ1n) is 6.62. The van der Waals surface area contributed by atoms with E-state index in [0.717, 1.165) is 12.8 Å². The molecule has 3 N–H and O–H groups in total. The van der Waals surface area contributed by atoms with Crippen LogP contribution in [0.4, 0.5) is 0 Å². The standard InChI is InChI=1S/C15H22N2O/c1-15(2,16)10-9-14(18)17-13-8-7-11-5-3-4-6-12(11)13/h3-6,13H,7-10,16H2,1-2H3,(H,17,18). The molecular weight excluding hydrogens is 224 g/mol. The summed E-state index contributed by atoms with van der Waals surface area (Å²) in [6.45, 7) is 3.90. The Morgan fingerprint density at radius 2 is 2.17 bits per heavy atom. The van der Waals surface area contributed by atoms with E-state index in [2.05, 4.69) is 23.5 Å². The van der Waals surface area contributed by atoms with Crippen molar-refractivity contribution >= 4 is 5.91 Å². The lowest BCUT2D eigenvalue weighted by atomic mass is 9.99. The molecule has 0 radical (unpaired) electrons. The molecule has 1 amide bonds. The van der Waals surface area contributed by atoms with Crippen molar-refractivity contribution in [2.45, 2.75) is 51.1 Å². The summed E-state index contributed by atoms with van der Waals surface area (Å²) in [6, 6.07) is 8.53. The van der Waals surface area contributed by atoms with E-state index >= 15 is 0 Å². The van der Waals surface area contributed by atoms with Crippen LogP contribution >= 0.6 is 0 Å². The van der Waals surface area contributed by atoms with Gasteiger partial charge in [-0.3, -0.25) is 4.79 Å². The Balaban J connectivity index is 1.90. The van der Waals surface area contributed by atoms with E-state index in [0.29, 0.717) is 12.8 Å². The summed E-state index contributed by atoms with van der Waals surface area (Å²) >= 11 is 0. The summed E-state index contributed by atoms with van der Waals surface area (Å²) in [7, 11) is 0. The van der Waals surface area contributed by atoms with E-state index < -0.39 is 0 Å². The van der Waals surface area contributed by atoms with Gasteiger partial charge in [-0.15, -0.1) is 0 Å². The van der Waals surface area contributed by atoms with Crippen LogP contribution in [-0.2, 0) is 11.2 Å². The fourth-order valence-corrected chi connectivity index (χ4v) is 2.41. The molecule has 1 unspecified atom stereocenters. The highest BCUT2D eigenvalue weighted by Gasteiger charge is 2.23. The average molecular weight is 246 g/mol. The van der Waals surface area contributed by atoms with Gasteiger partial charge >= 0.3 is 0 Å². The number of fused-ring (bicyclic) bond motifs is 1. The number of hydrogen-bond acceptors (Lipinski definition) is 2. The maximum Gasteiger partial charge on any atom is 0.220 e. The van der Waals surface area contributed by atoms with Gasteiger partial charge in [0, 0.05) is 12.0 Å². The fraction of sp³-hybridized carbons (Fsp3) is 0.533. The van der Waals surface area contributed by atoms with Crippen LogP contribution in [0.1, 0.15) is 50.3 Å². The van der Waals surface area contributed by atoms with Crippen molar-refractivity contribution in [3.63, 3.8) is 0 Å². The van der Waals surface area contributed by atoms with Crippen molar-refractivity contribution in [3.05, 3.63) is 35.4 Å². The van der Waals surface area contributed by atoms with E-state index in [4.69, 9.17) is 5.73 Å². The van der Waals surface area contributed by atoms with E-state index in [1.165, 1.54) is 11.1 Å². The molecule has 0 aromatic heterocycles. The minimum Gasteiger partial charge on any atom is -0.349 e. The van der Waals surface area contributed by atoms with E-state index in [9.17, 15) is 4.79 Å². The highest BCUT2D eigenvalue weighted by atomic mass is 16.1. The molecule has 3 heteroatoms. The lowest BCUT2D eigenvalue weighted by molar-refractivity contribution is -0.122. The second-order valence-electron chi connectivity index (χ2n) is 5.85. The second-order valence-corrected chi connectivity index (χ2v) is 5.85. The average Bonchev–Trinajstić information content (AvgIpc) is 2.70. The molecule has 1 aromatic rings. The Bertz CT molecular complexity index is 434. The quantitative estimate of drug-likeness (QED) is 0.856. The van der Waals surface area contributed by atoms with Gasteiger partial charge in [0.25, 0.3) is 0 Å². The van der Waals surface area contributed by atoms with Gasteiger partial charge < -0.3 is 11.1 Å². The molecule has 1 atom stereocenters. The highest BCUT2D eigenvalue weighted by molar-refractivity contribution is 5.76. The second kappa shape index (κ2) is 5.11. The van der Waals surface area contributed by atoms with Crippen LogP contribution in [0.5, 0.6) is 0 Å². The van der Waals surface area contributed by atoms with Crippen LogP contribution in [0.15, 0.2) is 24.3 Å². The van der Waals surface area contributed by atoms with Crippen LogP contribution < -0.4 is 11.1 Å². The maximum atomic E-state index is 11.9. The summed E-state index contributed by atoms with van der Waals surface area (Å²) in [6.07, 6.45) is 3.29. The Kier molecular flexibility index (Phi) is 3.71. The third-order valence-corrected chi connectivity index (χ3v) is 3.46. The van der Waals surface area contributed by atoms with Crippen LogP contribution in [-0.4, -0.2) is 11.4 Å². The zero-order valence-corrected chi connectivity index (χ0v) is 11.2. The number of hydrogen-bond donors (Lipinski definition) is 2. The number of carbonyl (C=O) groups excluding carboxylic acids is 1. The molecule has 0 saturated heterocycles. The zero-order chi connectivity index (χ0) is 13.2. The molecule has 1 aromatic carbocycles. The van der Waals surface area contributed by atoms with Crippen LogP contribution in [0.2, 0.25) is 0 Å². The molecule has 18 heavy (non-hydrogen) atoms. The van der Waals surface area contributed by atoms with Crippen LogP contribution in [0, 0.1) is 0 Å². The molecule has 2 rings (SSSR count). The number of nitrogens with two attached hydrogens (primary N) is 1. The van der Waals surface area contributed by atoms with Crippen molar-refractivity contribution < 1.29 is 4.79 Å². The molecule has 0 aliphatic heterocycles. The van der Waals surface area contributed by atoms with Crippen molar-refractivity contribution in [1.29, 1.82) is 0 Å². The minimum atomic E-state index is -0.273. The van der Waals surface area contributed by atoms with Crippen molar-refractivity contribution in [2.75, 3.05) is 0 Å². The monoisotopic (exact) mass is 246 g/mol. The Morgan fingerprint density at radius 3 is 2.89 bits per heavy atom. The molecule has 98 valence electrons. The fourth-order valence-electron chi connectivity index (χ4n) is 2.41. The van der Waals surface area contributed by atoms with Crippen LogP contribution in [0.25, 0.3) is 0 Å². The molecule has 0 saturated carbocycles. The van der Waals surface area contributed by atoms with Gasteiger partial charge in [-0.2, -0.15) is 0 Å². The molecular formula is C15H22N2O. The van der Waals surface area contributed by atoms with E-state index in [1.807, 2.05) is 19.9 Å². The van der Waals surface area contributed by atoms with Gasteiger partial charge in [-0.25, -0.2) is 0 Å². The number of rotatable bonds is 4. The Morgan fingerprint density at radius 1 is 1.44 bits per heavy atom. The number of aryl methyl sites for hydroxylation is 1. The molecule has 0 spiro atoms. The summed E-state index contributed by atoms with van der Waals surface area (Å²) in [5.41, 5.74) is 8.25. The summed E-state index contributed by atoms with van der Waals surface area (Å²) in [5.74, 6) is 0.107. The first-order valence-corrected chi connectivity index (χ1v) is 6.62. The molecule has 0 bridgehead atoms. The van der Waals surface area contributed by atoms with Crippen molar-refractivity contribution in [3.8, 4) is 0 Å². The van der Waals surface area contributed by atoms with Gasteiger partial charge in [0.15, 0.2) is 0 Å². The number of benzene rings is 1. The first-order chi connectivity index (χ1) is 8.46. The summed E-state index contributed by atoms with van der Waals surface area (Å²) in [5, 5.41) is 3.11. The number of amides is 1. The smallest absolute Gasteiger partial charge is 0.220 e. The molecule has 1 aliphatic carbocycles. The van der Waals surface area contributed by atoms with Crippen molar-refractivity contribution in [2.24, 2.45) is 5.73 Å². The topological polar surface area (TPSA) is 55.1 Å². The lowest BCUT2D eigenvalue weighted by Crippen LogP contribution is -2.35. The SMILES string of the molecule is CC(C)(N)CCC(=O)NC1CCc2ccccc21. The highest BCUT2D eigenvalue weighted by Crippen LogP contribution is 2.30. The maximum absolute atomic E-state index is 11.9. The molecule has 0 fully saturated rings. The predicted molar refractivity (Wildman–Crippen MR) is 73.1 cm³/mol. The summed E-state index contributed by atoms with van der Waals surface area (Å²) in [4.78, 5) is 11.9. The zero-order valence-electron chi connectivity index (χ0n) is 11.2. The van der Waals surface area contributed by atoms with Gasteiger partial charge in [0.1, 0.15) is 0 Å². The minimum absolute atomic E-state index is 0.107. The predicted octanol–water partition coefficient (Wildman–Crippen LogP) is 2.31. The lowest BCUT2D eigenvalue weighted by Gasteiger charge is -2.19. The van der Waals surface area contributed by atoms with E-state index in [-0.39, 0.29) is 17.5 Å². The normalized spacial score (nSPS) is 18.5. The van der Waals surface area contributed by atoms with Gasteiger partial charge in [-0.05, 0) is 44.2 Å². The first kappa shape index (κ1) is 13.1. The molecule has 0 heterocycles. The summed E-state index contributed by atoms with van der Waals surface area (Å²) < 4.78 is 0. The van der Waals surface area contributed by atoms with Crippen molar-refractivity contribution in [1.82, 2.24) is 5.32 Å². The van der Waals surface area contributed by atoms with Gasteiger partial charge in [0.2, 0.25) is 5.91 Å². The largest absolute Gasteiger partial charge is 0.349 e. The van der Waals surface area contributed by atoms with Crippen LogP contribution in [0.3, 0.4) is 0 Å². The number of carbonyl (C=O) groups is 1. The third-order valence-electron chi connectivity index (χ3n) is 3.46.